The van der Waals surface area contributed by atoms with E-state index in [0.29, 0.717) is 25.7 Å². The Morgan fingerprint density at radius 3 is 2.76 bits per heavy atom. The van der Waals surface area contributed by atoms with Gasteiger partial charge in [-0.2, -0.15) is 13.2 Å². The van der Waals surface area contributed by atoms with Gasteiger partial charge in [0.15, 0.2) is 0 Å². The Hall–Kier alpha value is -0.920. The van der Waals surface area contributed by atoms with Crippen molar-refractivity contribution in [2.45, 2.75) is 45.6 Å². The molecule has 0 saturated heterocycles. The number of aromatic nitrogens is 1. The highest BCUT2D eigenvalue weighted by Crippen LogP contribution is 2.30. The summed E-state index contributed by atoms with van der Waals surface area (Å²) in [5.41, 5.74) is 0.531. The molecule has 1 aliphatic rings. The van der Waals surface area contributed by atoms with E-state index in [9.17, 15) is 13.2 Å². The Morgan fingerprint density at radius 1 is 1.43 bits per heavy atom. The maximum atomic E-state index is 12.5. The predicted molar refractivity (Wildman–Crippen MR) is 78.1 cm³/mol. The third kappa shape index (κ3) is 5.09. The first kappa shape index (κ1) is 16.5. The lowest BCUT2D eigenvalue weighted by atomic mass is 10.1. The zero-order valence-electron chi connectivity index (χ0n) is 12.2. The first-order chi connectivity index (χ1) is 9.84. The fourth-order valence-electron chi connectivity index (χ4n) is 2.14. The van der Waals surface area contributed by atoms with Crippen molar-refractivity contribution in [3.63, 3.8) is 0 Å². The van der Waals surface area contributed by atoms with Crippen LogP contribution in [0.15, 0.2) is 17.0 Å². The lowest BCUT2D eigenvalue weighted by Crippen LogP contribution is -2.31. The monoisotopic (exact) mass is 319 g/mol. The number of thiazole rings is 1. The van der Waals surface area contributed by atoms with Crippen LogP contribution < -0.4 is 5.32 Å². The molecule has 0 amide bonds. The topological polar surface area (TPSA) is 28.2 Å². The molecule has 118 valence electrons. The second-order valence-electron chi connectivity index (χ2n) is 5.48. The number of hydrogen-bond acceptors (Lipinski definition) is 4. The summed E-state index contributed by atoms with van der Waals surface area (Å²) in [6.45, 7) is 6.27. The van der Waals surface area contributed by atoms with Gasteiger partial charge in [0.25, 0.3) is 0 Å². The van der Waals surface area contributed by atoms with E-state index < -0.39 is 11.7 Å². The van der Waals surface area contributed by atoms with Crippen molar-refractivity contribution < 1.29 is 13.2 Å². The molecule has 3 nitrogen and oxygen atoms in total. The molecule has 0 aliphatic carbocycles. The van der Waals surface area contributed by atoms with Gasteiger partial charge in [-0.25, -0.2) is 4.98 Å². The molecule has 0 fully saturated rings. The molecule has 1 aliphatic heterocycles. The first-order valence-corrected chi connectivity index (χ1v) is 7.88. The van der Waals surface area contributed by atoms with Crippen LogP contribution in [0.3, 0.4) is 0 Å². The van der Waals surface area contributed by atoms with Gasteiger partial charge >= 0.3 is 6.18 Å². The maximum Gasteiger partial charge on any atom is 0.412 e. The molecule has 1 aromatic rings. The van der Waals surface area contributed by atoms with Crippen molar-refractivity contribution in [3.05, 3.63) is 27.7 Å². The number of nitrogens with zero attached hydrogens (tertiary/aromatic N) is 2. The average Bonchev–Trinajstić information content (AvgIpc) is 2.83. The highest BCUT2D eigenvalue weighted by atomic mass is 32.1. The van der Waals surface area contributed by atoms with Crippen molar-refractivity contribution in [1.29, 1.82) is 0 Å². The van der Waals surface area contributed by atoms with Gasteiger partial charge in [0.1, 0.15) is 5.01 Å². The van der Waals surface area contributed by atoms with Gasteiger partial charge in [-0.1, -0.05) is 19.9 Å². The summed E-state index contributed by atoms with van der Waals surface area (Å²) in [6.07, 6.45) is -2.82. The molecule has 7 heteroatoms. The molecule has 0 aromatic carbocycles. The predicted octanol–water partition coefficient (Wildman–Crippen LogP) is 3.34. The molecule has 1 N–H and O–H groups in total. The van der Waals surface area contributed by atoms with Crippen molar-refractivity contribution in [2.24, 2.45) is 0 Å². The maximum absolute atomic E-state index is 12.5. The highest BCUT2D eigenvalue weighted by Gasteiger charge is 2.34. The highest BCUT2D eigenvalue weighted by molar-refractivity contribution is 7.09. The molecule has 0 atom stereocenters. The lowest BCUT2D eigenvalue weighted by Gasteiger charge is -2.26. The average molecular weight is 319 g/mol. The molecule has 2 heterocycles. The number of rotatable bonds is 5. The van der Waals surface area contributed by atoms with E-state index in [4.69, 9.17) is 0 Å². The molecule has 0 unspecified atom stereocenters. The molecule has 0 bridgehead atoms. The van der Waals surface area contributed by atoms with Gasteiger partial charge in [-0.05, 0) is 6.42 Å². The molecule has 1 aromatic heterocycles. The molecule has 0 spiro atoms. The van der Waals surface area contributed by atoms with Gasteiger partial charge in [-0.15, -0.1) is 11.3 Å². The second kappa shape index (κ2) is 6.89. The van der Waals surface area contributed by atoms with Gasteiger partial charge in [0.05, 0.1) is 5.69 Å². The van der Waals surface area contributed by atoms with E-state index in [1.54, 1.807) is 11.3 Å². The Kier molecular flexibility index (Phi) is 5.40. The van der Waals surface area contributed by atoms with E-state index in [2.05, 4.69) is 24.1 Å². The molecular formula is C14H20F3N3S. The van der Waals surface area contributed by atoms with Crippen LogP contribution in [0.4, 0.5) is 13.2 Å². The van der Waals surface area contributed by atoms with Gasteiger partial charge in [0, 0.05) is 43.2 Å². The van der Waals surface area contributed by atoms with Gasteiger partial charge in [-0.3, -0.25) is 4.90 Å². The summed E-state index contributed by atoms with van der Waals surface area (Å²) in [5, 5.41) is 6.30. The molecule has 21 heavy (non-hydrogen) atoms. The van der Waals surface area contributed by atoms with Crippen LogP contribution in [0.25, 0.3) is 0 Å². The van der Waals surface area contributed by atoms with Crippen molar-refractivity contribution >= 4 is 11.3 Å². The number of alkyl halides is 3. The van der Waals surface area contributed by atoms with Crippen molar-refractivity contribution in [2.75, 3.05) is 13.1 Å². The number of hydrogen-bond donors (Lipinski definition) is 1. The normalized spacial score (nSPS) is 17.3. The third-order valence-electron chi connectivity index (χ3n) is 3.30. The Morgan fingerprint density at radius 2 is 2.19 bits per heavy atom. The summed E-state index contributed by atoms with van der Waals surface area (Å²) in [4.78, 5) is 6.51. The molecule has 0 radical (unpaired) electrons. The summed E-state index contributed by atoms with van der Waals surface area (Å²) in [6, 6.07) is 0.408. The molecule has 0 saturated carbocycles. The van der Waals surface area contributed by atoms with Crippen LogP contribution in [0.2, 0.25) is 0 Å². The van der Waals surface area contributed by atoms with Gasteiger partial charge in [0.2, 0.25) is 0 Å². The SMILES string of the molecule is CC(C)NCc1nc(CN2CC=C(C(F)(F)F)CC2)cs1. The summed E-state index contributed by atoms with van der Waals surface area (Å²) in [5.74, 6) is 0. The second-order valence-corrected chi connectivity index (χ2v) is 6.42. The van der Waals surface area contributed by atoms with Crippen LogP contribution >= 0.6 is 11.3 Å². The van der Waals surface area contributed by atoms with Gasteiger partial charge < -0.3 is 5.32 Å². The van der Waals surface area contributed by atoms with Crippen LogP contribution in [0, 0.1) is 0 Å². The van der Waals surface area contributed by atoms with Crippen molar-refractivity contribution in [1.82, 2.24) is 15.2 Å². The summed E-state index contributed by atoms with van der Waals surface area (Å²) >= 11 is 1.59. The Bertz CT molecular complexity index is 494. The zero-order valence-corrected chi connectivity index (χ0v) is 13.0. The van der Waals surface area contributed by atoms with E-state index in [-0.39, 0.29) is 6.42 Å². The minimum Gasteiger partial charge on any atom is -0.308 e. The van der Waals surface area contributed by atoms with Crippen LogP contribution in [0.5, 0.6) is 0 Å². The Labute approximate surface area is 126 Å². The van der Waals surface area contributed by atoms with Crippen LogP contribution in [-0.2, 0) is 13.1 Å². The standard InChI is InChI=1S/C14H20F3N3S/c1-10(2)18-7-13-19-12(9-21-13)8-20-5-3-11(4-6-20)14(15,16)17/h3,9-10,18H,4-8H2,1-2H3. The van der Waals surface area contributed by atoms with Crippen molar-refractivity contribution in [3.8, 4) is 0 Å². The first-order valence-electron chi connectivity index (χ1n) is 7.00. The Balaban J connectivity index is 1.85. The lowest BCUT2D eigenvalue weighted by molar-refractivity contribution is -0.0960. The summed E-state index contributed by atoms with van der Waals surface area (Å²) in [7, 11) is 0. The fraction of sp³-hybridized carbons (Fsp3) is 0.643. The number of halogens is 3. The molecular weight excluding hydrogens is 299 g/mol. The van der Waals surface area contributed by atoms with Crippen LogP contribution in [0.1, 0.15) is 31.0 Å². The largest absolute Gasteiger partial charge is 0.412 e. The third-order valence-corrected chi connectivity index (χ3v) is 4.20. The zero-order chi connectivity index (χ0) is 15.5. The number of nitrogens with one attached hydrogen (secondary N) is 1. The van der Waals surface area contributed by atoms with Crippen LogP contribution in [-0.4, -0.2) is 35.2 Å². The fourth-order valence-corrected chi connectivity index (χ4v) is 2.87. The minimum absolute atomic E-state index is 0.0649. The minimum atomic E-state index is -4.18. The quantitative estimate of drug-likeness (QED) is 0.844. The van der Waals surface area contributed by atoms with E-state index >= 15 is 0 Å². The van der Waals surface area contributed by atoms with E-state index in [1.807, 2.05) is 10.3 Å². The smallest absolute Gasteiger partial charge is 0.308 e. The van der Waals surface area contributed by atoms with E-state index in [0.717, 1.165) is 17.2 Å². The van der Waals surface area contributed by atoms with E-state index in [1.165, 1.54) is 6.08 Å². The summed E-state index contributed by atoms with van der Waals surface area (Å²) < 4.78 is 37.6. The molecule has 2 rings (SSSR count).